The first-order valence-electron chi connectivity index (χ1n) is 13.3. The number of carbonyl (C=O) groups excluding carboxylic acids is 1. The van der Waals surface area contributed by atoms with E-state index in [9.17, 15) is 15.0 Å². The fraction of sp³-hybridized carbons (Fsp3) is 0.385. The predicted octanol–water partition coefficient (Wildman–Crippen LogP) is 1.31. The number of benzene rings is 2. The Bertz CT molecular complexity index is 1390. The lowest BCUT2D eigenvalue weighted by molar-refractivity contribution is 0.102. The lowest BCUT2D eigenvalue weighted by Crippen LogP contribution is -2.54. The molecule has 4 atom stereocenters. The Kier molecular flexibility index (Phi) is 8.73. The van der Waals surface area contributed by atoms with E-state index in [1.54, 1.807) is 6.07 Å². The van der Waals surface area contributed by atoms with Gasteiger partial charge in [-0.25, -0.2) is 0 Å². The summed E-state index contributed by atoms with van der Waals surface area (Å²) in [5.74, 6) is -0.211. The summed E-state index contributed by atoms with van der Waals surface area (Å²) in [6.45, 7) is 2.10. The fourth-order valence-corrected chi connectivity index (χ4v) is 5.63. The van der Waals surface area contributed by atoms with Gasteiger partial charge in [-0.1, -0.05) is 23.2 Å². The molecule has 0 saturated carbocycles. The smallest absolute Gasteiger partial charge is 0.259 e. The van der Waals surface area contributed by atoms with Crippen molar-refractivity contribution in [2.24, 2.45) is 22.9 Å². The summed E-state index contributed by atoms with van der Waals surface area (Å²) in [6, 6.07) is 6.55. The minimum atomic E-state index is -0.614. The Morgan fingerprint density at radius 1 is 0.786 bits per heavy atom. The summed E-state index contributed by atoms with van der Waals surface area (Å²) >= 11 is 11.9. The van der Waals surface area contributed by atoms with Crippen molar-refractivity contribution in [3.63, 3.8) is 0 Å². The highest BCUT2D eigenvalue weighted by Crippen LogP contribution is 2.35. The molecule has 3 heterocycles. The van der Waals surface area contributed by atoms with Gasteiger partial charge in [-0.15, -0.1) is 0 Å². The third kappa shape index (κ3) is 6.86. The Balaban J connectivity index is 1.40. The van der Waals surface area contributed by atoms with E-state index < -0.39 is 5.91 Å². The number of nitrogens with two attached hydrogens (primary N) is 4. The van der Waals surface area contributed by atoms with Crippen LogP contribution in [0.1, 0.15) is 23.2 Å². The zero-order valence-corrected chi connectivity index (χ0v) is 24.1. The molecule has 1 amide bonds. The normalized spacial score (nSPS) is 22.6. The topological polar surface area (TPSA) is 231 Å². The van der Waals surface area contributed by atoms with Crippen molar-refractivity contribution in [2.45, 2.75) is 37.0 Å². The highest BCUT2D eigenvalue weighted by atomic mass is 35.5. The van der Waals surface area contributed by atoms with Gasteiger partial charge in [0.2, 0.25) is 17.8 Å². The number of anilines is 5. The van der Waals surface area contributed by atoms with Crippen molar-refractivity contribution >= 4 is 58.3 Å². The maximum atomic E-state index is 12.8. The summed E-state index contributed by atoms with van der Waals surface area (Å²) in [7, 11) is 0. The Morgan fingerprint density at radius 2 is 1.29 bits per heavy atom. The van der Waals surface area contributed by atoms with Crippen LogP contribution in [0.5, 0.6) is 11.5 Å². The molecule has 2 saturated heterocycles. The average molecular weight is 619 g/mol. The SMILES string of the molecule is N[C@@H]1C[C@H](N)CN(c2nc(Nc3ccc(C(=O)Nc4cc(Cl)c(O)c(Cl)c4)c(O)c3)nc(N3C[C@H](N)C[C@H](N)C3)n2)C1. The van der Waals surface area contributed by atoms with Crippen molar-refractivity contribution in [2.75, 3.05) is 46.6 Å². The van der Waals surface area contributed by atoms with Crippen LogP contribution in [-0.2, 0) is 0 Å². The van der Waals surface area contributed by atoms with Crippen molar-refractivity contribution in [1.82, 2.24) is 15.0 Å². The minimum absolute atomic E-state index is 0.00882. The van der Waals surface area contributed by atoms with Crippen LogP contribution in [0.2, 0.25) is 10.0 Å². The first-order valence-corrected chi connectivity index (χ1v) is 14.1. The monoisotopic (exact) mass is 617 g/mol. The highest BCUT2D eigenvalue weighted by Gasteiger charge is 2.29. The average Bonchev–Trinajstić information content (AvgIpc) is 2.90. The molecule has 1 aromatic heterocycles. The molecule has 0 unspecified atom stereocenters. The molecule has 12 N–H and O–H groups in total. The number of rotatable bonds is 6. The summed E-state index contributed by atoms with van der Waals surface area (Å²) in [5, 5.41) is 26.1. The first kappa shape index (κ1) is 29.8. The summed E-state index contributed by atoms with van der Waals surface area (Å²) in [4.78, 5) is 30.6. The van der Waals surface area contributed by atoms with Gasteiger partial charge in [0.05, 0.1) is 15.6 Å². The van der Waals surface area contributed by atoms with E-state index in [0.717, 1.165) is 0 Å². The van der Waals surface area contributed by atoms with E-state index in [4.69, 9.17) is 51.1 Å². The largest absolute Gasteiger partial charge is 0.507 e. The number of aromatic hydroxyl groups is 2. The summed E-state index contributed by atoms with van der Waals surface area (Å²) < 4.78 is 0. The zero-order valence-electron chi connectivity index (χ0n) is 22.5. The van der Waals surface area contributed by atoms with Gasteiger partial charge in [-0.3, -0.25) is 4.79 Å². The predicted molar refractivity (Wildman–Crippen MR) is 163 cm³/mol. The molecule has 0 spiro atoms. The van der Waals surface area contributed by atoms with Crippen molar-refractivity contribution in [1.29, 1.82) is 0 Å². The molecule has 2 aliphatic rings. The van der Waals surface area contributed by atoms with Gasteiger partial charge < -0.3 is 53.6 Å². The molecule has 224 valence electrons. The molecule has 16 heteroatoms. The quantitative estimate of drug-likeness (QED) is 0.182. The maximum absolute atomic E-state index is 12.8. The number of hydrogen-bond donors (Lipinski definition) is 8. The molecule has 14 nitrogen and oxygen atoms in total. The fourth-order valence-electron chi connectivity index (χ4n) is 5.14. The van der Waals surface area contributed by atoms with Gasteiger partial charge >= 0.3 is 0 Å². The molecule has 0 radical (unpaired) electrons. The number of carbonyl (C=O) groups is 1. The van der Waals surface area contributed by atoms with Crippen LogP contribution >= 0.6 is 23.2 Å². The molecule has 2 fully saturated rings. The molecule has 0 aliphatic carbocycles. The number of piperidine rings is 2. The standard InChI is InChI=1S/C26H33Cl2N11O3/c27-19-5-17(6-20(28)22(19)41)33-23(42)18-2-1-16(7-21(18)40)34-24-35-25(38-8-12(29)3-13(30)9-38)37-26(36-24)39-10-14(31)4-15(32)11-39/h1-2,5-7,12-15,40-41H,3-4,8-11,29-32H2,(H,33,42)(H,34,35,36,37)/t12-,13+,14-,15+. The second-order valence-corrected chi connectivity index (χ2v) is 11.5. The molecule has 2 aromatic carbocycles. The van der Waals surface area contributed by atoms with Gasteiger partial charge in [-0.2, -0.15) is 15.0 Å². The van der Waals surface area contributed by atoms with Crippen LogP contribution in [0.3, 0.4) is 0 Å². The van der Waals surface area contributed by atoms with E-state index in [1.165, 1.54) is 24.3 Å². The molecule has 42 heavy (non-hydrogen) atoms. The summed E-state index contributed by atoms with van der Waals surface area (Å²) in [6.07, 6.45) is 1.39. The number of phenolic OH excluding ortho intramolecular Hbond substituents is 2. The van der Waals surface area contributed by atoms with E-state index in [0.29, 0.717) is 56.6 Å². The van der Waals surface area contributed by atoms with Crippen LogP contribution in [0.25, 0.3) is 0 Å². The molecule has 0 bridgehead atoms. The van der Waals surface area contributed by atoms with Crippen LogP contribution in [0.15, 0.2) is 30.3 Å². The minimum Gasteiger partial charge on any atom is -0.507 e. The van der Waals surface area contributed by atoms with Crippen molar-refractivity contribution in [3.05, 3.63) is 45.9 Å². The number of phenols is 2. The van der Waals surface area contributed by atoms with Gasteiger partial charge in [-0.05, 0) is 37.1 Å². The Hall–Kier alpha value is -3.66. The lowest BCUT2D eigenvalue weighted by atomic mass is 10.0. The van der Waals surface area contributed by atoms with Crippen LogP contribution in [0, 0.1) is 0 Å². The second kappa shape index (κ2) is 12.3. The number of nitrogens with zero attached hydrogens (tertiary/aromatic N) is 5. The van der Waals surface area contributed by atoms with E-state index >= 15 is 0 Å². The summed E-state index contributed by atoms with van der Waals surface area (Å²) in [5.41, 5.74) is 25.5. The first-order chi connectivity index (χ1) is 19.9. The van der Waals surface area contributed by atoms with Gasteiger partial charge in [0, 0.05) is 67.8 Å². The molecular weight excluding hydrogens is 585 g/mol. The molecule has 2 aliphatic heterocycles. The number of hydrogen-bond acceptors (Lipinski definition) is 13. The third-order valence-electron chi connectivity index (χ3n) is 6.98. The van der Waals surface area contributed by atoms with Crippen LogP contribution < -0.4 is 43.4 Å². The number of nitrogens with one attached hydrogen (secondary N) is 2. The third-order valence-corrected chi connectivity index (χ3v) is 7.56. The highest BCUT2D eigenvalue weighted by molar-refractivity contribution is 6.37. The van der Waals surface area contributed by atoms with Gasteiger partial charge in [0.15, 0.2) is 5.75 Å². The van der Waals surface area contributed by atoms with Gasteiger partial charge in [0.25, 0.3) is 5.91 Å². The number of amides is 1. The van der Waals surface area contributed by atoms with Gasteiger partial charge in [0.1, 0.15) is 5.75 Å². The van der Waals surface area contributed by atoms with E-state index in [1.807, 2.05) is 9.80 Å². The molecule has 5 rings (SSSR count). The van der Waals surface area contributed by atoms with Crippen LogP contribution in [0.4, 0.5) is 29.2 Å². The lowest BCUT2D eigenvalue weighted by Gasteiger charge is -2.37. The second-order valence-electron chi connectivity index (χ2n) is 10.7. The molecular formula is C26H33Cl2N11O3. The zero-order chi connectivity index (χ0) is 30.1. The van der Waals surface area contributed by atoms with Crippen LogP contribution in [-0.4, -0.2) is 81.4 Å². The Labute approximate surface area is 252 Å². The van der Waals surface area contributed by atoms with Crippen molar-refractivity contribution in [3.8, 4) is 11.5 Å². The maximum Gasteiger partial charge on any atom is 0.259 e. The van der Waals surface area contributed by atoms with E-state index in [-0.39, 0.29) is 62.9 Å². The van der Waals surface area contributed by atoms with E-state index in [2.05, 4.69) is 20.6 Å². The van der Waals surface area contributed by atoms with Crippen molar-refractivity contribution < 1.29 is 15.0 Å². The number of halogens is 2. The Morgan fingerprint density at radius 3 is 1.76 bits per heavy atom. The number of aromatic nitrogens is 3. The molecule has 3 aromatic rings.